The van der Waals surface area contributed by atoms with Crippen LogP contribution in [-0.2, 0) is 6.18 Å². The SMILES string of the molecule is CCCNc1ncc(-c2ccc(Oc3ncc(NC(=O)Nc4ccc(C)c(C(F)(F)F)c4)cn3)cc2)s1. The number of aromatic nitrogens is 3. The van der Waals surface area contributed by atoms with E-state index >= 15 is 0 Å². The Morgan fingerprint density at radius 1 is 0.973 bits per heavy atom. The minimum atomic E-state index is -4.52. The molecule has 4 aromatic rings. The lowest BCUT2D eigenvalue weighted by Gasteiger charge is -2.13. The quantitative estimate of drug-likeness (QED) is 0.224. The molecule has 0 radical (unpaired) electrons. The van der Waals surface area contributed by atoms with Crippen molar-refractivity contribution in [2.45, 2.75) is 26.4 Å². The lowest BCUT2D eigenvalue weighted by atomic mass is 10.1. The molecular formula is C25H23F3N6O2S. The van der Waals surface area contributed by atoms with Crippen LogP contribution in [0, 0.1) is 6.92 Å². The van der Waals surface area contributed by atoms with Crippen molar-refractivity contribution in [1.82, 2.24) is 15.0 Å². The molecule has 37 heavy (non-hydrogen) atoms. The van der Waals surface area contributed by atoms with Crippen LogP contribution in [0.5, 0.6) is 11.8 Å². The molecule has 192 valence electrons. The van der Waals surface area contributed by atoms with Gasteiger partial charge in [0.25, 0.3) is 0 Å². The third-order valence-electron chi connectivity index (χ3n) is 5.07. The van der Waals surface area contributed by atoms with Gasteiger partial charge in [-0.05, 0) is 60.9 Å². The van der Waals surface area contributed by atoms with Crippen molar-refractivity contribution < 1.29 is 22.7 Å². The van der Waals surface area contributed by atoms with Gasteiger partial charge in [0, 0.05) is 18.4 Å². The zero-order valence-electron chi connectivity index (χ0n) is 19.9. The number of ether oxygens (including phenoxy) is 1. The smallest absolute Gasteiger partial charge is 0.416 e. The van der Waals surface area contributed by atoms with Gasteiger partial charge >= 0.3 is 18.2 Å². The molecule has 4 rings (SSSR count). The molecule has 2 heterocycles. The Balaban J connectivity index is 1.33. The highest BCUT2D eigenvalue weighted by molar-refractivity contribution is 7.18. The van der Waals surface area contributed by atoms with Gasteiger partial charge in [0.15, 0.2) is 5.13 Å². The van der Waals surface area contributed by atoms with E-state index in [2.05, 4.69) is 37.8 Å². The van der Waals surface area contributed by atoms with Crippen molar-refractivity contribution in [2.75, 3.05) is 22.5 Å². The van der Waals surface area contributed by atoms with E-state index < -0.39 is 17.8 Å². The summed E-state index contributed by atoms with van der Waals surface area (Å²) in [6, 6.07) is 10.3. The van der Waals surface area contributed by atoms with Gasteiger partial charge in [0.1, 0.15) is 5.75 Å². The van der Waals surface area contributed by atoms with Gasteiger partial charge in [-0.15, -0.1) is 0 Å². The lowest BCUT2D eigenvalue weighted by Crippen LogP contribution is -2.20. The summed E-state index contributed by atoms with van der Waals surface area (Å²) in [5.41, 5.74) is 0.489. The number of benzene rings is 2. The average Bonchev–Trinajstić information content (AvgIpc) is 3.34. The standard InChI is InChI=1S/C25H23F3N6O2S/c1-3-10-29-24-32-14-21(37-24)16-5-8-19(9-6-16)36-23-30-12-18(13-31-23)34-22(35)33-17-7-4-15(2)20(11-17)25(26,27)28/h4-9,11-14H,3,10H2,1-2H3,(H,29,32)(H2,33,34,35). The van der Waals surface area contributed by atoms with Gasteiger partial charge in [-0.25, -0.2) is 19.7 Å². The minimum Gasteiger partial charge on any atom is -0.424 e. The molecule has 0 atom stereocenters. The third kappa shape index (κ3) is 6.94. The number of carbonyl (C=O) groups is 1. The Hall–Kier alpha value is -4.19. The molecule has 0 aliphatic heterocycles. The van der Waals surface area contributed by atoms with Gasteiger partial charge in [-0.1, -0.05) is 24.3 Å². The summed E-state index contributed by atoms with van der Waals surface area (Å²) in [7, 11) is 0. The van der Waals surface area contributed by atoms with Crippen LogP contribution >= 0.6 is 11.3 Å². The van der Waals surface area contributed by atoms with Crippen molar-refractivity contribution in [1.29, 1.82) is 0 Å². The molecular weight excluding hydrogens is 505 g/mol. The molecule has 0 unspecified atom stereocenters. The van der Waals surface area contributed by atoms with Gasteiger partial charge in [0.05, 0.1) is 28.5 Å². The molecule has 0 saturated carbocycles. The number of amides is 2. The maximum Gasteiger partial charge on any atom is 0.416 e. The van der Waals surface area contributed by atoms with E-state index in [9.17, 15) is 18.0 Å². The van der Waals surface area contributed by atoms with Crippen LogP contribution in [0.15, 0.2) is 61.1 Å². The largest absolute Gasteiger partial charge is 0.424 e. The van der Waals surface area contributed by atoms with Gasteiger partial charge < -0.3 is 20.7 Å². The fourth-order valence-electron chi connectivity index (χ4n) is 3.25. The van der Waals surface area contributed by atoms with Crippen molar-refractivity contribution in [3.8, 4) is 22.2 Å². The molecule has 0 fully saturated rings. The predicted octanol–water partition coefficient (Wildman–Crippen LogP) is 7.19. The number of rotatable bonds is 8. The fraction of sp³-hybridized carbons (Fsp3) is 0.200. The van der Waals surface area contributed by atoms with E-state index in [4.69, 9.17) is 4.74 Å². The second-order valence-electron chi connectivity index (χ2n) is 7.94. The van der Waals surface area contributed by atoms with Crippen LogP contribution in [0.4, 0.5) is 34.5 Å². The number of nitrogens with zero attached hydrogens (tertiary/aromatic N) is 3. The first kappa shape index (κ1) is 25.9. The molecule has 8 nitrogen and oxygen atoms in total. The summed E-state index contributed by atoms with van der Waals surface area (Å²) in [5, 5.41) is 8.98. The van der Waals surface area contributed by atoms with Crippen molar-refractivity contribution in [3.63, 3.8) is 0 Å². The molecule has 12 heteroatoms. The summed E-state index contributed by atoms with van der Waals surface area (Å²) in [6.45, 7) is 4.31. The number of urea groups is 1. The van der Waals surface area contributed by atoms with Crippen LogP contribution in [0.25, 0.3) is 10.4 Å². The zero-order valence-corrected chi connectivity index (χ0v) is 20.7. The maximum atomic E-state index is 13.1. The third-order valence-corrected chi connectivity index (χ3v) is 6.07. The predicted molar refractivity (Wildman–Crippen MR) is 137 cm³/mol. The van der Waals surface area contributed by atoms with E-state index in [-0.39, 0.29) is 22.9 Å². The van der Waals surface area contributed by atoms with Gasteiger partial charge in [0.2, 0.25) is 0 Å². The fourth-order valence-corrected chi connectivity index (χ4v) is 4.09. The Kier molecular flexibility index (Phi) is 7.87. The molecule has 2 amide bonds. The molecule has 0 spiro atoms. The van der Waals surface area contributed by atoms with Crippen molar-refractivity contribution >= 4 is 33.9 Å². The number of alkyl halides is 3. The van der Waals surface area contributed by atoms with Crippen molar-refractivity contribution in [3.05, 3.63) is 72.2 Å². The van der Waals surface area contributed by atoms with Crippen LogP contribution in [0.3, 0.4) is 0 Å². The molecule has 0 aliphatic rings. The molecule has 0 bridgehead atoms. The number of halogens is 3. The van der Waals surface area contributed by atoms with Gasteiger partial charge in [-0.2, -0.15) is 13.2 Å². The van der Waals surface area contributed by atoms with E-state index in [1.165, 1.54) is 31.5 Å². The average molecular weight is 529 g/mol. The Labute approximate surface area is 215 Å². The molecule has 2 aromatic carbocycles. The Bertz CT molecular complexity index is 1360. The Morgan fingerprint density at radius 3 is 2.35 bits per heavy atom. The number of aryl methyl sites for hydroxylation is 1. The van der Waals surface area contributed by atoms with E-state index in [1.807, 2.05) is 18.3 Å². The summed E-state index contributed by atoms with van der Waals surface area (Å²) in [4.78, 5) is 25.7. The first-order valence-electron chi connectivity index (χ1n) is 11.3. The summed E-state index contributed by atoms with van der Waals surface area (Å²) >= 11 is 1.57. The molecule has 3 N–H and O–H groups in total. The van der Waals surface area contributed by atoms with Crippen LogP contribution in [0.1, 0.15) is 24.5 Å². The van der Waals surface area contributed by atoms with Crippen LogP contribution in [0.2, 0.25) is 0 Å². The number of nitrogens with one attached hydrogen (secondary N) is 3. The second-order valence-corrected chi connectivity index (χ2v) is 8.97. The van der Waals surface area contributed by atoms with Crippen LogP contribution in [-0.4, -0.2) is 27.5 Å². The van der Waals surface area contributed by atoms with Crippen molar-refractivity contribution in [2.24, 2.45) is 0 Å². The van der Waals surface area contributed by atoms with Gasteiger partial charge in [-0.3, -0.25) is 0 Å². The number of hydrogen-bond donors (Lipinski definition) is 3. The first-order chi connectivity index (χ1) is 17.7. The Morgan fingerprint density at radius 2 is 1.68 bits per heavy atom. The highest BCUT2D eigenvalue weighted by Crippen LogP contribution is 2.34. The number of anilines is 3. The second kappa shape index (κ2) is 11.2. The zero-order chi connectivity index (χ0) is 26.4. The normalized spacial score (nSPS) is 11.2. The lowest BCUT2D eigenvalue weighted by molar-refractivity contribution is -0.138. The summed E-state index contributed by atoms with van der Waals surface area (Å²) in [6.07, 6.45) is 0.979. The highest BCUT2D eigenvalue weighted by atomic mass is 32.1. The van der Waals surface area contributed by atoms with E-state index in [0.29, 0.717) is 5.75 Å². The first-order valence-corrected chi connectivity index (χ1v) is 12.1. The van der Waals surface area contributed by atoms with E-state index in [1.54, 1.807) is 23.5 Å². The topological polar surface area (TPSA) is 101 Å². The highest BCUT2D eigenvalue weighted by Gasteiger charge is 2.32. The number of thiazole rings is 1. The molecule has 0 aliphatic carbocycles. The number of hydrogen-bond acceptors (Lipinski definition) is 7. The monoisotopic (exact) mass is 528 g/mol. The summed E-state index contributed by atoms with van der Waals surface area (Å²) < 4.78 is 44.9. The maximum absolute atomic E-state index is 13.1. The molecule has 0 saturated heterocycles. The van der Waals surface area contributed by atoms with Crippen LogP contribution < -0.4 is 20.7 Å². The number of carbonyl (C=O) groups excluding carboxylic acids is 1. The minimum absolute atomic E-state index is 0.00604. The van der Waals surface area contributed by atoms with E-state index in [0.717, 1.165) is 34.6 Å². The molecule has 2 aromatic heterocycles. The summed E-state index contributed by atoms with van der Waals surface area (Å²) in [5.74, 6) is 0.524.